The highest BCUT2D eigenvalue weighted by molar-refractivity contribution is 5.85. The van der Waals surface area contributed by atoms with E-state index in [9.17, 15) is 4.79 Å². The molecule has 6 heteroatoms. The first-order valence-electron chi connectivity index (χ1n) is 7.04. The summed E-state index contributed by atoms with van der Waals surface area (Å²) >= 11 is 0. The third kappa shape index (κ3) is 5.06. The predicted molar refractivity (Wildman–Crippen MR) is 80.9 cm³/mol. The van der Waals surface area contributed by atoms with Gasteiger partial charge in [0.1, 0.15) is 5.82 Å². The van der Waals surface area contributed by atoms with Gasteiger partial charge in [-0.2, -0.15) is 0 Å². The van der Waals surface area contributed by atoms with Crippen LogP contribution in [0.25, 0.3) is 0 Å². The summed E-state index contributed by atoms with van der Waals surface area (Å²) in [7, 11) is 0. The Kier molecular flexibility index (Phi) is 6.88. The number of halogens is 1. The van der Waals surface area contributed by atoms with Crippen LogP contribution in [0.3, 0.4) is 0 Å². The van der Waals surface area contributed by atoms with Crippen LogP contribution >= 0.6 is 12.4 Å². The zero-order chi connectivity index (χ0) is 13.7. The number of nitrogens with zero attached hydrogens (tertiary/aromatic N) is 2. The number of carbonyl (C=O) groups excluding carboxylic acids is 1. The molecule has 0 radical (unpaired) electrons. The number of aromatic nitrogens is 2. The summed E-state index contributed by atoms with van der Waals surface area (Å²) in [6, 6.07) is -0.390. The minimum Gasteiger partial charge on any atom is -0.354 e. The Bertz CT molecular complexity index is 420. The molecule has 20 heavy (non-hydrogen) atoms. The van der Waals surface area contributed by atoms with Crippen LogP contribution in [-0.2, 0) is 11.2 Å². The topological polar surface area (TPSA) is 80.9 Å². The number of hydrogen-bond donors (Lipinski definition) is 2. The Morgan fingerprint density at radius 2 is 2.10 bits per heavy atom. The van der Waals surface area contributed by atoms with E-state index in [1.54, 1.807) is 0 Å². The average molecular weight is 299 g/mol. The standard InChI is InChI=1S/C14H22N4O.ClH/c1-2-3-12(15)14(19)16-7-6-10-8-17-13(18-9-10)11-4-5-11;/h8-9,11-12H,2-7,15H2,1H3,(H,16,19);1H. The SMILES string of the molecule is CCCC(N)C(=O)NCCc1cnc(C2CC2)nc1.Cl. The van der Waals surface area contributed by atoms with Gasteiger partial charge in [0.15, 0.2) is 0 Å². The molecule has 1 saturated carbocycles. The molecule has 1 heterocycles. The van der Waals surface area contributed by atoms with E-state index >= 15 is 0 Å². The van der Waals surface area contributed by atoms with Crippen LogP contribution in [0, 0.1) is 0 Å². The van der Waals surface area contributed by atoms with Crippen molar-refractivity contribution in [3.63, 3.8) is 0 Å². The number of nitrogens with one attached hydrogen (secondary N) is 1. The first-order chi connectivity index (χ1) is 9.20. The lowest BCUT2D eigenvalue weighted by molar-refractivity contribution is -0.122. The Balaban J connectivity index is 0.00000200. The molecule has 5 nitrogen and oxygen atoms in total. The molecule has 0 saturated heterocycles. The zero-order valence-corrected chi connectivity index (χ0v) is 12.7. The molecular formula is C14H23ClN4O. The van der Waals surface area contributed by atoms with Gasteiger partial charge in [-0.15, -0.1) is 12.4 Å². The molecule has 1 unspecified atom stereocenters. The summed E-state index contributed by atoms with van der Waals surface area (Å²) < 4.78 is 0. The number of carbonyl (C=O) groups is 1. The lowest BCUT2D eigenvalue weighted by Crippen LogP contribution is -2.41. The molecule has 1 aliphatic carbocycles. The first-order valence-corrected chi connectivity index (χ1v) is 7.04. The molecule has 1 atom stereocenters. The molecule has 1 aromatic rings. The van der Waals surface area contributed by atoms with E-state index in [4.69, 9.17) is 5.73 Å². The van der Waals surface area contributed by atoms with Gasteiger partial charge in [0.2, 0.25) is 5.91 Å². The maximum absolute atomic E-state index is 11.6. The molecule has 0 aliphatic heterocycles. The lowest BCUT2D eigenvalue weighted by atomic mass is 10.1. The number of amides is 1. The van der Waals surface area contributed by atoms with Gasteiger partial charge in [0.05, 0.1) is 6.04 Å². The van der Waals surface area contributed by atoms with Gasteiger partial charge in [-0.05, 0) is 31.2 Å². The molecule has 0 spiro atoms. The summed E-state index contributed by atoms with van der Waals surface area (Å²) in [5, 5.41) is 2.85. The molecule has 1 aromatic heterocycles. The molecule has 1 fully saturated rings. The van der Waals surface area contributed by atoms with E-state index in [0.717, 1.165) is 30.7 Å². The molecule has 1 amide bonds. The highest BCUT2D eigenvalue weighted by Gasteiger charge is 2.26. The van der Waals surface area contributed by atoms with E-state index in [1.807, 2.05) is 19.3 Å². The second-order valence-electron chi connectivity index (χ2n) is 5.16. The third-order valence-corrected chi connectivity index (χ3v) is 3.32. The van der Waals surface area contributed by atoms with Crippen molar-refractivity contribution in [1.82, 2.24) is 15.3 Å². The Morgan fingerprint density at radius 3 is 2.65 bits per heavy atom. The smallest absolute Gasteiger partial charge is 0.236 e. The minimum absolute atomic E-state index is 0. The number of rotatable bonds is 7. The van der Waals surface area contributed by atoms with Crippen molar-refractivity contribution < 1.29 is 4.79 Å². The van der Waals surface area contributed by atoms with E-state index in [1.165, 1.54) is 12.8 Å². The van der Waals surface area contributed by atoms with Crippen molar-refractivity contribution in [2.45, 2.75) is 51.0 Å². The van der Waals surface area contributed by atoms with Crippen molar-refractivity contribution in [2.24, 2.45) is 5.73 Å². The summed E-state index contributed by atoms with van der Waals surface area (Å²) in [6.45, 7) is 2.61. The Morgan fingerprint density at radius 1 is 1.45 bits per heavy atom. The fraction of sp³-hybridized carbons (Fsp3) is 0.643. The minimum atomic E-state index is -0.390. The van der Waals surface area contributed by atoms with E-state index in [-0.39, 0.29) is 18.3 Å². The molecule has 0 aromatic carbocycles. The quantitative estimate of drug-likeness (QED) is 0.800. The highest BCUT2D eigenvalue weighted by Crippen LogP contribution is 2.37. The first kappa shape index (κ1) is 16.9. The highest BCUT2D eigenvalue weighted by atomic mass is 35.5. The predicted octanol–water partition coefficient (Wildman–Crippen LogP) is 1.56. The van der Waals surface area contributed by atoms with Crippen molar-refractivity contribution in [3.8, 4) is 0 Å². The van der Waals surface area contributed by atoms with E-state index < -0.39 is 6.04 Å². The van der Waals surface area contributed by atoms with E-state index in [2.05, 4.69) is 15.3 Å². The lowest BCUT2D eigenvalue weighted by Gasteiger charge is -2.10. The largest absolute Gasteiger partial charge is 0.354 e. The summed E-state index contributed by atoms with van der Waals surface area (Å²) in [6.07, 6.45) is 8.54. The van der Waals surface area contributed by atoms with Gasteiger partial charge < -0.3 is 11.1 Å². The Hall–Kier alpha value is -1.20. The number of nitrogens with two attached hydrogens (primary N) is 1. The summed E-state index contributed by atoms with van der Waals surface area (Å²) in [5.74, 6) is 1.47. The molecule has 1 aliphatic rings. The van der Waals surface area contributed by atoms with Crippen molar-refractivity contribution >= 4 is 18.3 Å². The van der Waals surface area contributed by atoms with Crippen LogP contribution < -0.4 is 11.1 Å². The monoisotopic (exact) mass is 298 g/mol. The molecule has 112 valence electrons. The Labute approximate surface area is 126 Å². The molecule has 2 rings (SSSR count). The van der Waals surface area contributed by atoms with Gasteiger partial charge in [-0.3, -0.25) is 4.79 Å². The third-order valence-electron chi connectivity index (χ3n) is 3.32. The van der Waals surface area contributed by atoms with Gasteiger partial charge in [-0.25, -0.2) is 9.97 Å². The molecule has 0 bridgehead atoms. The van der Waals surface area contributed by atoms with Gasteiger partial charge in [0, 0.05) is 24.9 Å². The fourth-order valence-corrected chi connectivity index (χ4v) is 1.95. The van der Waals surface area contributed by atoms with Crippen LogP contribution in [0.1, 0.15) is 49.9 Å². The van der Waals surface area contributed by atoms with Crippen molar-refractivity contribution in [2.75, 3.05) is 6.54 Å². The van der Waals surface area contributed by atoms with Crippen LogP contribution in [0.2, 0.25) is 0 Å². The van der Waals surface area contributed by atoms with Crippen LogP contribution in [0.4, 0.5) is 0 Å². The van der Waals surface area contributed by atoms with Gasteiger partial charge in [0.25, 0.3) is 0 Å². The van der Waals surface area contributed by atoms with Crippen molar-refractivity contribution in [1.29, 1.82) is 0 Å². The average Bonchev–Trinajstić information content (AvgIpc) is 3.24. The van der Waals surface area contributed by atoms with E-state index in [0.29, 0.717) is 12.5 Å². The van der Waals surface area contributed by atoms with Gasteiger partial charge in [-0.1, -0.05) is 13.3 Å². The normalized spacial score (nSPS) is 15.3. The summed E-state index contributed by atoms with van der Waals surface area (Å²) in [5.41, 5.74) is 6.78. The summed E-state index contributed by atoms with van der Waals surface area (Å²) in [4.78, 5) is 20.3. The maximum atomic E-state index is 11.6. The van der Waals surface area contributed by atoms with Gasteiger partial charge >= 0.3 is 0 Å². The van der Waals surface area contributed by atoms with Crippen LogP contribution in [-0.4, -0.2) is 28.5 Å². The zero-order valence-electron chi connectivity index (χ0n) is 11.8. The second kappa shape index (κ2) is 8.17. The fourth-order valence-electron chi connectivity index (χ4n) is 1.95. The number of hydrogen-bond acceptors (Lipinski definition) is 4. The van der Waals surface area contributed by atoms with Crippen LogP contribution in [0.5, 0.6) is 0 Å². The van der Waals surface area contributed by atoms with Crippen molar-refractivity contribution in [3.05, 3.63) is 23.8 Å². The van der Waals surface area contributed by atoms with Crippen LogP contribution in [0.15, 0.2) is 12.4 Å². The molecule has 3 N–H and O–H groups in total. The molecular weight excluding hydrogens is 276 g/mol. The maximum Gasteiger partial charge on any atom is 0.236 e. The second-order valence-corrected chi connectivity index (χ2v) is 5.16.